The van der Waals surface area contributed by atoms with Crippen LogP contribution in [0, 0.1) is 0 Å². The second-order valence-corrected chi connectivity index (χ2v) is 2.57. The molecule has 0 unspecified atom stereocenters. The van der Waals surface area contributed by atoms with Crippen LogP contribution in [-0.4, -0.2) is 124 Å². The van der Waals surface area contributed by atoms with Crippen molar-refractivity contribution in [2.45, 2.75) is 0 Å². The van der Waals surface area contributed by atoms with Gasteiger partial charge in [0.2, 0.25) is 0 Å². The topological polar surface area (TPSA) is 603 Å². The first-order valence-corrected chi connectivity index (χ1v) is 4.10. The van der Waals surface area contributed by atoms with E-state index < -0.39 is 20.8 Å². The van der Waals surface area contributed by atoms with Crippen LogP contribution >= 0.6 is 0 Å². The van der Waals surface area contributed by atoms with Gasteiger partial charge in [0.15, 0.2) is 0 Å². The van der Waals surface area contributed by atoms with Gasteiger partial charge in [-0.1, -0.05) is 0 Å². The normalized spacial score (nSPS) is 4.64. The van der Waals surface area contributed by atoms with E-state index in [2.05, 4.69) is 0 Å². The van der Waals surface area contributed by atoms with Gasteiger partial charge in [-0.2, -0.15) is 8.42 Å². The van der Waals surface area contributed by atoms with Gasteiger partial charge in [-0.15, -0.1) is 0 Å². The predicted octanol–water partition coefficient (Wildman–Crippen LogP) is -11.9. The standard InChI is InChI=1S/Mg.2H3N.2H2O4S.12H2O/c;;;2*1-5(2,3)4;;;;;;;;;;;;/h;2*1H3;2*(H2,1,2,3,4);12*1H2/q+2;;;;;;;;;;;;;;;;/p-2. The number of hydrogen-bond donors (Lipinski definition) is 4. The van der Waals surface area contributed by atoms with Crippen LogP contribution < -0.4 is 12.3 Å². The molecule has 0 fully saturated rings. The first kappa shape index (κ1) is 227. The van der Waals surface area contributed by atoms with Crippen molar-refractivity contribution in [3.05, 3.63) is 0 Å². The third-order valence-electron chi connectivity index (χ3n) is 0. The van der Waals surface area contributed by atoms with E-state index in [9.17, 15) is 0 Å². The molecule has 22 nitrogen and oxygen atoms in total. The summed E-state index contributed by atoms with van der Waals surface area (Å²) in [5.41, 5.74) is 0. The maximum absolute atomic E-state index is 8.74. The molecule has 0 aromatic heterocycles. The quantitative estimate of drug-likeness (QED) is 0.147. The maximum atomic E-state index is 8.74. The van der Waals surface area contributed by atoms with E-state index in [4.69, 9.17) is 35.0 Å². The zero-order chi connectivity index (χ0) is 9.00. The van der Waals surface area contributed by atoms with E-state index in [1.807, 2.05) is 0 Å². The molecule has 0 radical (unpaired) electrons. The monoisotopic (exact) mass is 468 g/mol. The Bertz CT molecular complexity index is 222. The molecule has 25 heavy (non-hydrogen) atoms. The Morgan fingerprint density at radius 3 is 0.480 bits per heavy atom. The van der Waals surface area contributed by atoms with Crippen LogP contribution in [0.3, 0.4) is 0 Å². The Hall–Kier alpha value is -0.0538. The van der Waals surface area contributed by atoms with Crippen LogP contribution in [0.25, 0.3) is 0 Å². The molecule has 0 saturated heterocycles. The predicted molar refractivity (Wildman–Crippen MR) is 83.8 cm³/mol. The van der Waals surface area contributed by atoms with Crippen LogP contribution in [0.5, 0.6) is 0 Å². The van der Waals surface area contributed by atoms with Crippen molar-refractivity contribution in [2.24, 2.45) is 0 Å². The maximum Gasteiger partial charge on any atom is 2.00 e. The SMILES string of the molecule is N.N.O.O.O.O.O.O.O.O.O.O.O.O.O=S(=O)(O)O.O=S(=O)([O-])[O-].[Mg+2]. The van der Waals surface area contributed by atoms with Crippen LogP contribution in [0.2, 0.25) is 0 Å². The summed E-state index contributed by atoms with van der Waals surface area (Å²) < 4.78 is 65.7. The van der Waals surface area contributed by atoms with Gasteiger partial charge in [-0.25, -0.2) is 0 Å². The number of rotatable bonds is 0. The average Bonchev–Trinajstić information content (AvgIpc) is 1.12. The third kappa shape index (κ3) is 3990000. The molecule has 0 spiro atoms. The molecule has 0 rings (SSSR count). The first-order chi connectivity index (χ1) is 4.00. The van der Waals surface area contributed by atoms with Crippen molar-refractivity contribution in [2.75, 3.05) is 0 Å². The zero-order valence-electron chi connectivity index (χ0n) is 12.3. The fourth-order valence-corrected chi connectivity index (χ4v) is 0. The van der Waals surface area contributed by atoms with Gasteiger partial charge in [0.1, 0.15) is 0 Å². The Labute approximate surface area is 157 Å². The Kier molecular flexibility index (Phi) is 801. The van der Waals surface area contributed by atoms with Gasteiger partial charge in [0, 0.05) is 10.4 Å². The van der Waals surface area contributed by atoms with Crippen molar-refractivity contribution in [3.63, 3.8) is 0 Å². The largest absolute Gasteiger partial charge is 2.00 e. The van der Waals surface area contributed by atoms with E-state index >= 15 is 0 Å². The van der Waals surface area contributed by atoms with Crippen molar-refractivity contribution < 1.29 is 101 Å². The van der Waals surface area contributed by atoms with Gasteiger partial charge in [0.25, 0.3) is 0 Å². The summed E-state index contributed by atoms with van der Waals surface area (Å²) in [4.78, 5) is 0. The Morgan fingerprint density at radius 1 is 0.480 bits per heavy atom. The van der Waals surface area contributed by atoms with Gasteiger partial charge in [0.05, 0.1) is 0 Å². The summed E-state index contributed by atoms with van der Waals surface area (Å²) >= 11 is 0. The van der Waals surface area contributed by atoms with Crippen molar-refractivity contribution in [1.82, 2.24) is 12.3 Å². The van der Waals surface area contributed by atoms with Crippen LogP contribution in [0.1, 0.15) is 0 Å². The zero-order valence-corrected chi connectivity index (χ0v) is 15.3. The minimum absolute atomic E-state index is 0. The fourth-order valence-electron chi connectivity index (χ4n) is 0. The van der Waals surface area contributed by atoms with Crippen molar-refractivity contribution in [3.8, 4) is 0 Å². The Balaban J connectivity index is -0.00000000213. The van der Waals surface area contributed by atoms with Crippen LogP contribution in [0.4, 0.5) is 0 Å². The molecule has 25 heteroatoms. The molecule has 0 heterocycles. The number of hydrogen-bond acceptors (Lipinski definition) is 8. The molecular weight excluding hydrogens is 436 g/mol. The molecule has 0 aliphatic heterocycles. The Morgan fingerprint density at radius 2 is 0.480 bits per heavy atom. The summed E-state index contributed by atoms with van der Waals surface area (Å²) in [7, 11) is -9.83. The molecule has 0 atom stereocenters. The molecular formula is H32MgN2O20S2. The van der Waals surface area contributed by atoms with E-state index in [1.54, 1.807) is 0 Å². The fraction of sp³-hybridized carbons (Fsp3) is 0. The summed E-state index contributed by atoms with van der Waals surface area (Å²) in [5, 5.41) is 0. The van der Waals surface area contributed by atoms with Crippen molar-refractivity contribution >= 4 is 43.9 Å². The molecule has 0 aliphatic rings. The van der Waals surface area contributed by atoms with E-state index in [0.717, 1.165) is 0 Å². The van der Waals surface area contributed by atoms with E-state index in [-0.39, 0.29) is 101 Å². The van der Waals surface area contributed by atoms with E-state index in [0.29, 0.717) is 0 Å². The summed E-state index contributed by atoms with van der Waals surface area (Å²) in [6.45, 7) is 0. The first-order valence-electron chi connectivity index (χ1n) is 1.37. The minimum atomic E-state index is -5.17. The van der Waals surface area contributed by atoms with Gasteiger partial charge in [-0.05, 0) is 0 Å². The second kappa shape index (κ2) is 88.3. The molecule has 0 saturated carbocycles. The second-order valence-electron chi connectivity index (χ2n) is 0.856. The molecule has 0 aliphatic carbocycles. The third-order valence-corrected chi connectivity index (χ3v) is 0. The summed E-state index contributed by atoms with van der Waals surface area (Å²) in [6, 6.07) is 0. The van der Waals surface area contributed by atoms with Gasteiger partial charge in [-0.3, -0.25) is 17.5 Å². The average molecular weight is 469 g/mol. The summed E-state index contributed by atoms with van der Waals surface area (Å²) in [6.07, 6.45) is 0. The smallest absolute Gasteiger partial charge is 0.759 e. The van der Waals surface area contributed by atoms with Crippen molar-refractivity contribution in [1.29, 1.82) is 0 Å². The van der Waals surface area contributed by atoms with E-state index in [1.165, 1.54) is 0 Å². The molecule has 0 bridgehead atoms. The minimum Gasteiger partial charge on any atom is -0.759 e. The van der Waals surface area contributed by atoms with Crippen LogP contribution in [0.15, 0.2) is 0 Å². The molecule has 176 valence electrons. The van der Waals surface area contributed by atoms with Crippen LogP contribution in [-0.2, 0) is 20.8 Å². The molecule has 32 N–H and O–H groups in total. The summed E-state index contributed by atoms with van der Waals surface area (Å²) in [5.74, 6) is 0. The molecule has 0 amide bonds. The van der Waals surface area contributed by atoms with Gasteiger partial charge < -0.3 is 87.1 Å². The molecule has 0 aromatic rings. The van der Waals surface area contributed by atoms with Gasteiger partial charge >= 0.3 is 33.5 Å². The molecule has 0 aromatic carbocycles.